The molecule has 0 radical (unpaired) electrons. The quantitative estimate of drug-likeness (QED) is 0.700. The zero-order valence-corrected chi connectivity index (χ0v) is 16.5. The number of aromatic nitrogens is 4. The van der Waals surface area contributed by atoms with Crippen molar-refractivity contribution in [2.45, 2.75) is 47.1 Å². The largest absolute Gasteiger partial charge is 0.354 e. The summed E-state index contributed by atoms with van der Waals surface area (Å²) >= 11 is 0. The van der Waals surface area contributed by atoms with Crippen LogP contribution in [0.1, 0.15) is 34.8 Å². The molecule has 0 aliphatic carbocycles. The van der Waals surface area contributed by atoms with Gasteiger partial charge in [-0.05, 0) is 63.9 Å². The molecular weight excluding hydrogens is 338 g/mol. The fourth-order valence-corrected chi connectivity index (χ4v) is 3.24. The standard InChI is InChI=1S/C21H27N5O/c1-15-13-17(3)25(23-15)12-11-22-21(27)10-7-19-5-8-20(9-6-19)26-18(4)14-16(2)24-26/h5-6,8-9,13-14H,7,10-12H2,1-4H3,(H,22,27). The first-order chi connectivity index (χ1) is 12.9. The van der Waals surface area contributed by atoms with Gasteiger partial charge in [0.25, 0.3) is 0 Å². The van der Waals surface area contributed by atoms with Gasteiger partial charge < -0.3 is 5.32 Å². The number of hydrogen-bond acceptors (Lipinski definition) is 3. The monoisotopic (exact) mass is 365 g/mol. The van der Waals surface area contributed by atoms with Crippen LogP contribution in [-0.2, 0) is 17.8 Å². The predicted molar refractivity (Wildman–Crippen MR) is 106 cm³/mol. The van der Waals surface area contributed by atoms with E-state index in [1.165, 1.54) is 0 Å². The van der Waals surface area contributed by atoms with E-state index in [1.807, 2.05) is 43.1 Å². The molecule has 6 heteroatoms. The molecule has 0 aliphatic heterocycles. The Bertz CT molecular complexity index is 921. The minimum absolute atomic E-state index is 0.0687. The Balaban J connectivity index is 1.46. The van der Waals surface area contributed by atoms with Crippen molar-refractivity contribution in [2.75, 3.05) is 6.54 Å². The summed E-state index contributed by atoms with van der Waals surface area (Å²) in [5.41, 5.74) is 6.43. The van der Waals surface area contributed by atoms with Crippen molar-refractivity contribution in [3.05, 3.63) is 64.7 Å². The molecule has 0 bridgehead atoms. The van der Waals surface area contributed by atoms with Crippen LogP contribution in [0.5, 0.6) is 0 Å². The van der Waals surface area contributed by atoms with E-state index in [9.17, 15) is 4.79 Å². The van der Waals surface area contributed by atoms with E-state index in [1.54, 1.807) is 0 Å². The van der Waals surface area contributed by atoms with Crippen molar-refractivity contribution in [2.24, 2.45) is 0 Å². The number of carbonyl (C=O) groups is 1. The normalized spacial score (nSPS) is 11.0. The average molecular weight is 365 g/mol. The molecule has 0 saturated carbocycles. The van der Waals surface area contributed by atoms with Gasteiger partial charge in [0.15, 0.2) is 0 Å². The third-order valence-electron chi connectivity index (χ3n) is 4.58. The highest BCUT2D eigenvalue weighted by Gasteiger charge is 2.06. The molecule has 0 unspecified atom stereocenters. The zero-order valence-electron chi connectivity index (χ0n) is 16.5. The molecule has 27 heavy (non-hydrogen) atoms. The van der Waals surface area contributed by atoms with Gasteiger partial charge in [-0.25, -0.2) is 4.68 Å². The lowest BCUT2D eigenvalue weighted by Crippen LogP contribution is -2.28. The second-order valence-electron chi connectivity index (χ2n) is 7.01. The molecule has 1 aromatic carbocycles. The van der Waals surface area contributed by atoms with Gasteiger partial charge in [0, 0.05) is 24.4 Å². The lowest BCUT2D eigenvalue weighted by molar-refractivity contribution is -0.121. The molecular formula is C21H27N5O. The Morgan fingerprint density at radius 3 is 2.22 bits per heavy atom. The van der Waals surface area contributed by atoms with Crippen LogP contribution in [0.2, 0.25) is 0 Å². The van der Waals surface area contributed by atoms with Crippen LogP contribution in [0.4, 0.5) is 0 Å². The first-order valence-electron chi connectivity index (χ1n) is 9.33. The van der Waals surface area contributed by atoms with Crippen LogP contribution in [0.3, 0.4) is 0 Å². The van der Waals surface area contributed by atoms with Gasteiger partial charge in [-0.1, -0.05) is 12.1 Å². The number of hydrogen-bond donors (Lipinski definition) is 1. The molecule has 3 rings (SSSR count). The van der Waals surface area contributed by atoms with Gasteiger partial charge in [0.2, 0.25) is 5.91 Å². The molecule has 0 spiro atoms. The topological polar surface area (TPSA) is 64.7 Å². The van der Waals surface area contributed by atoms with Crippen molar-refractivity contribution in [3.63, 3.8) is 0 Å². The highest BCUT2D eigenvalue weighted by molar-refractivity contribution is 5.76. The lowest BCUT2D eigenvalue weighted by Gasteiger charge is -2.08. The number of rotatable bonds is 7. The Labute approximate surface area is 160 Å². The van der Waals surface area contributed by atoms with Crippen molar-refractivity contribution in [1.82, 2.24) is 24.9 Å². The number of benzene rings is 1. The summed E-state index contributed by atoms with van der Waals surface area (Å²) in [4.78, 5) is 12.1. The predicted octanol–water partition coefficient (Wildman–Crippen LogP) is 3.05. The van der Waals surface area contributed by atoms with Crippen LogP contribution in [0.15, 0.2) is 36.4 Å². The third kappa shape index (κ3) is 4.84. The van der Waals surface area contributed by atoms with Gasteiger partial charge in [-0.3, -0.25) is 9.48 Å². The van der Waals surface area contributed by atoms with Crippen LogP contribution in [0, 0.1) is 27.7 Å². The van der Waals surface area contributed by atoms with Crippen LogP contribution in [0.25, 0.3) is 5.69 Å². The summed E-state index contributed by atoms with van der Waals surface area (Å²) < 4.78 is 3.86. The molecule has 2 heterocycles. The molecule has 2 aromatic heterocycles. The molecule has 1 N–H and O–H groups in total. The third-order valence-corrected chi connectivity index (χ3v) is 4.58. The summed E-state index contributed by atoms with van der Waals surface area (Å²) in [6.07, 6.45) is 1.21. The smallest absolute Gasteiger partial charge is 0.220 e. The lowest BCUT2D eigenvalue weighted by atomic mass is 10.1. The van der Waals surface area contributed by atoms with E-state index in [4.69, 9.17) is 0 Å². The van der Waals surface area contributed by atoms with Crippen molar-refractivity contribution in [1.29, 1.82) is 0 Å². The zero-order chi connectivity index (χ0) is 19.4. The summed E-state index contributed by atoms with van der Waals surface area (Å²) in [6.45, 7) is 9.33. The fraction of sp³-hybridized carbons (Fsp3) is 0.381. The van der Waals surface area contributed by atoms with Crippen molar-refractivity contribution in [3.8, 4) is 5.69 Å². The Morgan fingerprint density at radius 2 is 1.63 bits per heavy atom. The minimum Gasteiger partial charge on any atom is -0.354 e. The van der Waals surface area contributed by atoms with Crippen molar-refractivity contribution >= 4 is 5.91 Å². The average Bonchev–Trinajstić information content (AvgIpc) is 3.13. The van der Waals surface area contributed by atoms with E-state index in [0.717, 1.165) is 40.4 Å². The van der Waals surface area contributed by atoms with Gasteiger partial charge >= 0.3 is 0 Å². The Morgan fingerprint density at radius 1 is 0.963 bits per heavy atom. The molecule has 0 aliphatic rings. The minimum atomic E-state index is 0.0687. The maximum absolute atomic E-state index is 12.1. The number of aryl methyl sites for hydroxylation is 5. The second-order valence-corrected chi connectivity index (χ2v) is 7.01. The number of carbonyl (C=O) groups excluding carboxylic acids is 1. The van der Waals surface area contributed by atoms with E-state index in [2.05, 4.69) is 45.8 Å². The van der Waals surface area contributed by atoms with Gasteiger partial charge in [-0.15, -0.1) is 0 Å². The fourth-order valence-electron chi connectivity index (χ4n) is 3.24. The highest BCUT2D eigenvalue weighted by atomic mass is 16.1. The Hall–Kier alpha value is -2.89. The SMILES string of the molecule is Cc1cc(C)n(CCNC(=O)CCc2ccc(-n3nc(C)cc3C)cc2)n1. The first-order valence-corrected chi connectivity index (χ1v) is 9.33. The van der Waals surface area contributed by atoms with E-state index < -0.39 is 0 Å². The van der Waals surface area contributed by atoms with E-state index in [-0.39, 0.29) is 5.91 Å². The van der Waals surface area contributed by atoms with Gasteiger partial charge in [-0.2, -0.15) is 10.2 Å². The maximum Gasteiger partial charge on any atom is 0.220 e. The molecule has 0 fully saturated rings. The van der Waals surface area contributed by atoms with E-state index in [0.29, 0.717) is 19.5 Å². The van der Waals surface area contributed by atoms with Crippen LogP contribution < -0.4 is 5.32 Å². The Kier molecular flexibility index (Phi) is 5.74. The first kappa shape index (κ1) is 18.9. The molecule has 0 saturated heterocycles. The number of nitrogens with one attached hydrogen (secondary N) is 1. The van der Waals surface area contributed by atoms with Crippen LogP contribution >= 0.6 is 0 Å². The number of amides is 1. The summed E-state index contributed by atoms with van der Waals surface area (Å²) in [5, 5.41) is 11.9. The van der Waals surface area contributed by atoms with Crippen LogP contribution in [-0.4, -0.2) is 32.0 Å². The van der Waals surface area contributed by atoms with Crippen molar-refractivity contribution < 1.29 is 4.79 Å². The highest BCUT2D eigenvalue weighted by Crippen LogP contribution is 2.14. The van der Waals surface area contributed by atoms with Gasteiger partial charge in [0.1, 0.15) is 0 Å². The molecule has 0 atom stereocenters. The second kappa shape index (κ2) is 8.20. The molecule has 6 nitrogen and oxygen atoms in total. The number of nitrogens with zero attached hydrogens (tertiary/aromatic N) is 4. The maximum atomic E-state index is 12.1. The molecule has 1 amide bonds. The summed E-state index contributed by atoms with van der Waals surface area (Å²) in [5.74, 6) is 0.0687. The van der Waals surface area contributed by atoms with Gasteiger partial charge in [0.05, 0.1) is 23.6 Å². The summed E-state index contributed by atoms with van der Waals surface area (Å²) in [7, 11) is 0. The van der Waals surface area contributed by atoms with E-state index >= 15 is 0 Å². The molecule has 142 valence electrons. The molecule has 3 aromatic rings. The summed E-state index contributed by atoms with van der Waals surface area (Å²) in [6, 6.07) is 12.3.